The Morgan fingerprint density at radius 2 is 1.71 bits per heavy atom. The molecule has 76 valence electrons. The largest absolute Gasteiger partial charge is 0.262 e. The van der Waals surface area contributed by atoms with Crippen LogP contribution >= 0.6 is 0 Å². The van der Waals surface area contributed by atoms with Crippen molar-refractivity contribution in [3.63, 3.8) is 0 Å². The third kappa shape index (κ3) is 4.37. The molecule has 0 fully saturated rings. The first-order valence-corrected chi connectivity index (χ1v) is 8.77. The average molecular weight is 205 g/mol. The van der Waals surface area contributed by atoms with Gasteiger partial charge < -0.3 is 0 Å². The van der Waals surface area contributed by atoms with Crippen molar-refractivity contribution in [2.24, 2.45) is 4.99 Å². The summed E-state index contributed by atoms with van der Waals surface area (Å²) in [5, 5.41) is 0. The molecule has 0 saturated carbocycles. The molecule has 0 aliphatic carbocycles. The predicted octanol–water partition coefficient (Wildman–Crippen LogP) is 4.04. The summed E-state index contributed by atoms with van der Waals surface area (Å²) in [6.07, 6.45) is 2.07. The summed E-state index contributed by atoms with van der Waals surface area (Å²) >= 11 is 0. The zero-order valence-electron chi connectivity index (χ0n) is 9.54. The molecular formula is C12H19NSi. The Labute approximate surface area is 87.9 Å². The number of rotatable bonds is 3. The van der Waals surface area contributed by atoms with Crippen molar-refractivity contribution in [2.75, 3.05) is 0 Å². The third-order valence-corrected chi connectivity index (χ3v) is 3.39. The van der Waals surface area contributed by atoms with Crippen LogP contribution in [0.3, 0.4) is 0 Å². The summed E-state index contributed by atoms with van der Waals surface area (Å²) in [6.45, 7) is 9.16. The van der Waals surface area contributed by atoms with Crippen molar-refractivity contribution in [3.8, 4) is 0 Å². The van der Waals surface area contributed by atoms with Crippen LogP contribution in [-0.2, 0) is 0 Å². The molecule has 0 aliphatic rings. The predicted molar refractivity (Wildman–Crippen MR) is 67.5 cm³/mol. The van der Waals surface area contributed by atoms with E-state index in [0.29, 0.717) is 0 Å². The fourth-order valence-corrected chi connectivity index (χ4v) is 1.69. The second-order valence-corrected chi connectivity index (χ2v) is 10.4. The van der Waals surface area contributed by atoms with Crippen LogP contribution in [0.25, 0.3) is 0 Å². The molecule has 0 aromatic heterocycles. The van der Waals surface area contributed by atoms with Gasteiger partial charge in [0.2, 0.25) is 0 Å². The number of benzene rings is 1. The Hall–Kier alpha value is -0.893. The summed E-state index contributed by atoms with van der Waals surface area (Å²) in [5.74, 6) is 0. The Bertz CT molecular complexity index is 306. The number of aliphatic imine (C=N–C) groups is 1. The molecule has 0 unspecified atom stereocenters. The lowest BCUT2D eigenvalue weighted by molar-refractivity contribution is 1.43. The van der Waals surface area contributed by atoms with E-state index < -0.39 is 8.07 Å². The van der Waals surface area contributed by atoms with Gasteiger partial charge in [-0.3, -0.25) is 4.99 Å². The van der Waals surface area contributed by atoms with Gasteiger partial charge in [-0.15, -0.1) is 0 Å². The molecule has 0 radical (unpaired) electrons. The molecule has 0 spiro atoms. The molecule has 0 atom stereocenters. The summed E-state index contributed by atoms with van der Waals surface area (Å²) in [6, 6.07) is 9.48. The molecule has 0 aliphatic heterocycles. The van der Waals surface area contributed by atoms with Gasteiger partial charge in [0.1, 0.15) is 0 Å². The maximum atomic E-state index is 4.44. The first kappa shape index (κ1) is 11.2. The van der Waals surface area contributed by atoms with Gasteiger partial charge in [-0.1, -0.05) is 37.3 Å². The topological polar surface area (TPSA) is 12.4 Å². The fourth-order valence-electron chi connectivity index (χ4n) is 1.06. The van der Waals surface area contributed by atoms with Gasteiger partial charge in [-0.2, -0.15) is 0 Å². The van der Waals surface area contributed by atoms with E-state index >= 15 is 0 Å². The maximum absolute atomic E-state index is 4.44. The molecule has 0 N–H and O–H groups in total. The molecule has 0 heterocycles. The van der Waals surface area contributed by atoms with Crippen molar-refractivity contribution >= 4 is 20.0 Å². The normalized spacial score (nSPS) is 12.3. The lowest BCUT2D eigenvalue weighted by atomic mass is 10.2. The monoisotopic (exact) mass is 205 g/mol. The van der Waals surface area contributed by atoms with Crippen LogP contribution in [0.4, 0.5) is 5.69 Å². The molecule has 0 saturated heterocycles. The summed E-state index contributed by atoms with van der Waals surface area (Å²) in [7, 11) is -0.971. The Morgan fingerprint density at radius 1 is 1.14 bits per heavy atom. The highest BCUT2D eigenvalue weighted by molar-refractivity contribution is 6.78. The Balaban J connectivity index is 2.57. The van der Waals surface area contributed by atoms with E-state index in [1.54, 1.807) is 0 Å². The van der Waals surface area contributed by atoms with Crippen molar-refractivity contribution in [2.45, 2.75) is 32.6 Å². The molecular weight excluding hydrogens is 186 g/mol. The van der Waals surface area contributed by atoms with Gasteiger partial charge in [-0.25, -0.2) is 0 Å². The summed E-state index contributed by atoms with van der Waals surface area (Å²) < 4.78 is 0. The van der Waals surface area contributed by atoms with Crippen LogP contribution in [0.1, 0.15) is 5.56 Å². The highest BCUT2D eigenvalue weighted by Crippen LogP contribution is 2.13. The minimum absolute atomic E-state index is 0.971. The molecule has 14 heavy (non-hydrogen) atoms. The zero-order chi connectivity index (χ0) is 10.6. The van der Waals surface area contributed by atoms with Crippen LogP contribution in [0.15, 0.2) is 29.3 Å². The minimum atomic E-state index is -0.971. The smallest absolute Gasteiger partial charge is 0.0625 e. The summed E-state index contributed by atoms with van der Waals surface area (Å²) in [5.41, 5.74) is 2.35. The fraction of sp³-hybridized carbons (Fsp3) is 0.417. The van der Waals surface area contributed by atoms with Crippen LogP contribution in [-0.4, -0.2) is 14.3 Å². The van der Waals surface area contributed by atoms with Crippen molar-refractivity contribution in [3.05, 3.63) is 29.8 Å². The highest BCUT2D eigenvalue weighted by Gasteiger charge is 2.09. The quantitative estimate of drug-likeness (QED) is 0.522. The lowest BCUT2D eigenvalue weighted by Crippen LogP contribution is -2.19. The van der Waals surface area contributed by atoms with Crippen LogP contribution in [0.5, 0.6) is 0 Å². The second-order valence-electron chi connectivity index (χ2n) is 4.91. The van der Waals surface area contributed by atoms with E-state index in [4.69, 9.17) is 0 Å². The second kappa shape index (κ2) is 4.56. The van der Waals surface area contributed by atoms with Gasteiger partial charge in [0.15, 0.2) is 0 Å². The van der Waals surface area contributed by atoms with E-state index in [2.05, 4.69) is 62.0 Å². The molecule has 0 bridgehead atoms. The molecule has 2 heteroatoms. The van der Waals surface area contributed by atoms with Crippen molar-refractivity contribution < 1.29 is 0 Å². The Morgan fingerprint density at radius 3 is 2.21 bits per heavy atom. The van der Waals surface area contributed by atoms with Gasteiger partial charge in [-0.05, 0) is 25.1 Å². The van der Waals surface area contributed by atoms with E-state index in [1.807, 2.05) is 0 Å². The number of nitrogens with zero attached hydrogens (tertiary/aromatic N) is 1. The maximum Gasteiger partial charge on any atom is 0.0625 e. The minimum Gasteiger partial charge on any atom is -0.262 e. The molecule has 1 nitrogen and oxygen atoms in total. The van der Waals surface area contributed by atoms with Gasteiger partial charge in [0.25, 0.3) is 0 Å². The van der Waals surface area contributed by atoms with Gasteiger partial charge >= 0.3 is 0 Å². The number of hydrogen-bond acceptors (Lipinski definition) is 1. The van der Waals surface area contributed by atoms with E-state index in [-0.39, 0.29) is 0 Å². The molecule has 0 amide bonds. The standard InChI is InChI=1S/C12H19NSi/c1-11-5-7-12(8-6-11)13-9-10-14(2,3)4/h5-9H,10H2,1-4H3. The first-order chi connectivity index (χ1) is 6.47. The van der Waals surface area contributed by atoms with E-state index in [9.17, 15) is 0 Å². The Kier molecular flexibility index (Phi) is 3.64. The van der Waals surface area contributed by atoms with Crippen LogP contribution in [0.2, 0.25) is 25.7 Å². The number of aryl methyl sites for hydroxylation is 1. The molecule has 1 aromatic rings. The van der Waals surface area contributed by atoms with E-state index in [0.717, 1.165) is 11.7 Å². The highest BCUT2D eigenvalue weighted by atomic mass is 28.3. The van der Waals surface area contributed by atoms with Crippen molar-refractivity contribution in [1.82, 2.24) is 0 Å². The molecule has 1 rings (SSSR count). The summed E-state index contributed by atoms with van der Waals surface area (Å²) in [4.78, 5) is 4.44. The SMILES string of the molecule is Cc1ccc(N=CC[Si](C)(C)C)cc1. The van der Waals surface area contributed by atoms with Gasteiger partial charge in [0, 0.05) is 14.3 Å². The van der Waals surface area contributed by atoms with Crippen LogP contribution in [0, 0.1) is 6.92 Å². The molecule has 1 aromatic carbocycles. The third-order valence-electron chi connectivity index (χ3n) is 1.98. The zero-order valence-corrected chi connectivity index (χ0v) is 10.5. The van der Waals surface area contributed by atoms with Crippen LogP contribution < -0.4 is 0 Å². The van der Waals surface area contributed by atoms with Crippen molar-refractivity contribution in [1.29, 1.82) is 0 Å². The average Bonchev–Trinajstić information content (AvgIpc) is 2.06. The number of hydrogen-bond donors (Lipinski definition) is 0. The van der Waals surface area contributed by atoms with E-state index in [1.165, 1.54) is 5.56 Å². The van der Waals surface area contributed by atoms with Gasteiger partial charge in [0.05, 0.1) is 5.69 Å². The first-order valence-electron chi connectivity index (χ1n) is 5.06. The lowest BCUT2D eigenvalue weighted by Gasteiger charge is -2.10.